The fourth-order valence-electron chi connectivity index (χ4n) is 2.86. The SMILES string of the molecule is O=C(Oc1cc(=O)n(-c2ccccc2)c(-c2ccccc2)n1)c1ccc(Cl)cc1. The first kappa shape index (κ1) is 18.7. The molecule has 0 atom stereocenters. The van der Waals surface area contributed by atoms with Gasteiger partial charge in [0, 0.05) is 10.6 Å². The van der Waals surface area contributed by atoms with Crippen LogP contribution in [0.25, 0.3) is 17.1 Å². The second kappa shape index (κ2) is 8.12. The molecule has 4 aromatic rings. The first-order valence-corrected chi connectivity index (χ1v) is 9.22. The van der Waals surface area contributed by atoms with E-state index in [1.165, 1.54) is 10.6 Å². The lowest BCUT2D eigenvalue weighted by atomic mass is 10.2. The molecule has 0 amide bonds. The highest BCUT2D eigenvalue weighted by atomic mass is 35.5. The van der Waals surface area contributed by atoms with Crippen molar-refractivity contribution in [1.29, 1.82) is 0 Å². The smallest absolute Gasteiger partial charge is 0.344 e. The highest BCUT2D eigenvalue weighted by Gasteiger charge is 2.16. The highest BCUT2D eigenvalue weighted by molar-refractivity contribution is 6.30. The Bertz CT molecular complexity index is 1200. The maximum Gasteiger partial charge on any atom is 0.344 e. The summed E-state index contributed by atoms with van der Waals surface area (Å²) in [5.41, 5.74) is 1.34. The zero-order valence-electron chi connectivity index (χ0n) is 15.2. The van der Waals surface area contributed by atoms with Crippen LogP contribution in [0, 0.1) is 0 Å². The molecule has 29 heavy (non-hydrogen) atoms. The van der Waals surface area contributed by atoms with E-state index in [1.807, 2.05) is 60.7 Å². The summed E-state index contributed by atoms with van der Waals surface area (Å²) in [7, 11) is 0. The van der Waals surface area contributed by atoms with Crippen LogP contribution in [0.2, 0.25) is 5.02 Å². The summed E-state index contributed by atoms with van der Waals surface area (Å²) in [6.45, 7) is 0. The number of hydrogen-bond donors (Lipinski definition) is 0. The van der Waals surface area contributed by atoms with Crippen molar-refractivity contribution in [2.24, 2.45) is 0 Å². The monoisotopic (exact) mass is 402 g/mol. The van der Waals surface area contributed by atoms with Gasteiger partial charge >= 0.3 is 5.97 Å². The zero-order chi connectivity index (χ0) is 20.2. The van der Waals surface area contributed by atoms with E-state index in [-0.39, 0.29) is 11.4 Å². The summed E-state index contributed by atoms with van der Waals surface area (Å²) in [6.07, 6.45) is 0. The van der Waals surface area contributed by atoms with Crippen molar-refractivity contribution in [2.75, 3.05) is 0 Å². The van der Waals surface area contributed by atoms with Crippen molar-refractivity contribution >= 4 is 17.6 Å². The van der Waals surface area contributed by atoms with Crippen LogP contribution in [-0.4, -0.2) is 15.5 Å². The lowest BCUT2D eigenvalue weighted by molar-refractivity contribution is 0.0727. The second-order valence-corrected chi connectivity index (χ2v) is 6.63. The highest BCUT2D eigenvalue weighted by Crippen LogP contribution is 2.22. The van der Waals surface area contributed by atoms with E-state index in [0.29, 0.717) is 22.1 Å². The van der Waals surface area contributed by atoms with Crippen molar-refractivity contribution in [2.45, 2.75) is 0 Å². The summed E-state index contributed by atoms with van der Waals surface area (Å²) < 4.78 is 6.85. The molecule has 0 spiro atoms. The normalized spacial score (nSPS) is 10.5. The number of hydrogen-bond acceptors (Lipinski definition) is 4. The third-order valence-electron chi connectivity index (χ3n) is 4.22. The van der Waals surface area contributed by atoms with Gasteiger partial charge in [0.05, 0.1) is 17.3 Å². The number of aromatic nitrogens is 2. The van der Waals surface area contributed by atoms with Gasteiger partial charge in [0.25, 0.3) is 5.56 Å². The van der Waals surface area contributed by atoms with Gasteiger partial charge in [-0.3, -0.25) is 9.36 Å². The molecule has 0 bridgehead atoms. The molecule has 6 heteroatoms. The van der Waals surface area contributed by atoms with Crippen LogP contribution in [0.1, 0.15) is 10.4 Å². The third-order valence-corrected chi connectivity index (χ3v) is 4.47. The van der Waals surface area contributed by atoms with Crippen LogP contribution >= 0.6 is 11.6 Å². The molecule has 3 aromatic carbocycles. The molecule has 0 unspecified atom stereocenters. The number of ether oxygens (including phenoxy) is 1. The quantitative estimate of drug-likeness (QED) is 0.461. The zero-order valence-corrected chi connectivity index (χ0v) is 15.9. The summed E-state index contributed by atoms with van der Waals surface area (Å²) >= 11 is 5.85. The maximum atomic E-state index is 12.9. The van der Waals surface area contributed by atoms with Crippen molar-refractivity contribution in [3.8, 4) is 23.0 Å². The number of benzene rings is 3. The number of para-hydroxylation sites is 1. The summed E-state index contributed by atoms with van der Waals surface area (Å²) in [6, 6.07) is 25.9. The fraction of sp³-hybridized carbons (Fsp3) is 0. The summed E-state index contributed by atoms with van der Waals surface area (Å²) in [5.74, 6) is -0.311. The Morgan fingerprint density at radius 2 is 1.48 bits per heavy atom. The average molecular weight is 403 g/mol. The van der Waals surface area contributed by atoms with E-state index in [1.54, 1.807) is 24.3 Å². The predicted octanol–water partition coefficient (Wildman–Crippen LogP) is 4.77. The van der Waals surface area contributed by atoms with Crippen LogP contribution in [-0.2, 0) is 0 Å². The molecule has 1 aromatic heterocycles. The Balaban J connectivity index is 1.79. The van der Waals surface area contributed by atoms with E-state index >= 15 is 0 Å². The molecule has 0 aliphatic rings. The molecular weight excluding hydrogens is 388 g/mol. The molecule has 5 nitrogen and oxygen atoms in total. The molecule has 0 aliphatic heterocycles. The molecule has 1 heterocycles. The molecule has 0 aliphatic carbocycles. The largest absolute Gasteiger partial charge is 0.404 e. The van der Waals surface area contributed by atoms with E-state index in [4.69, 9.17) is 16.3 Å². The summed E-state index contributed by atoms with van der Waals surface area (Å²) in [4.78, 5) is 29.8. The van der Waals surface area contributed by atoms with E-state index in [2.05, 4.69) is 4.98 Å². The van der Waals surface area contributed by atoms with Crippen LogP contribution in [0.4, 0.5) is 0 Å². The van der Waals surface area contributed by atoms with Crippen molar-refractivity contribution in [3.63, 3.8) is 0 Å². The number of carbonyl (C=O) groups is 1. The minimum Gasteiger partial charge on any atom is -0.404 e. The van der Waals surface area contributed by atoms with Crippen molar-refractivity contribution < 1.29 is 9.53 Å². The van der Waals surface area contributed by atoms with Gasteiger partial charge in [0.1, 0.15) is 0 Å². The summed E-state index contributed by atoms with van der Waals surface area (Å²) in [5, 5.41) is 0.511. The molecule has 142 valence electrons. The molecule has 4 rings (SSSR count). The third kappa shape index (κ3) is 4.10. The first-order chi connectivity index (χ1) is 14.1. The fourth-order valence-corrected chi connectivity index (χ4v) is 2.99. The van der Waals surface area contributed by atoms with Gasteiger partial charge < -0.3 is 4.74 Å². The van der Waals surface area contributed by atoms with E-state index in [9.17, 15) is 9.59 Å². The maximum absolute atomic E-state index is 12.9. The molecule has 0 saturated heterocycles. The van der Waals surface area contributed by atoms with E-state index in [0.717, 1.165) is 5.56 Å². The van der Waals surface area contributed by atoms with E-state index < -0.39 is 5.97 Å². The van der Waals surface area contributed by atoms with Crippen LogP contribution in [0.15, 0.2) is 95.8 Å². The topological polar surface area (TPSA) is 61.2 Å². The van der Waals surface area contributed by atoms with Crippen molar-refractivity contribution in [3.05, 3.63) is 112 Å². The first-order valence-electron chi connectivity index (χ1n) is 8.84. The minimum atomic E-state index is -0.620. The Kier molecular flexibility index (Phi) is 5.22. The van der Waals surface area contributed by atoms with Crippen LogP contribution in [0.3, 0.4) is 0 Å². The van der Waals surface area contributed by atoms with Crippen LogP contribution in [0.5, 0.6) is 5.88 Å². The number of esters is 1. The predicted molar refractivity (Wildman–Crippen MR) is 112 cm³/mol. The number of nitrogens with zero attached hydrogens (tertiary/aromatic N) is 2. The Labute approximate surface area is 171 Å². The minimum absolute atomic E-state index is 0.0685. The molecule has 0 fully saturated rings. The van der Waals surface area contributed by atoms with Gasteiger partial charge in [0.15, 0.2) is 5.82 Å². The number of rotatable bonds is 4. The van der Waals surface area contributed by atoms with Crippen molar-refractivity contribution in [1.82, 2.24) is 9.55 Å². The molecule has 0 N–H and O–H groups in total. The van der Waals surface area contributed by atoms with Gasteiger partial charge in [-0.05, 0) is 36.4 Å². The number of halogens is 1. The Hall–Kier alpha value is -3.70. The van der Waals surface area contributed by atoms with Gasteiger partial charge in [0.2, 0.25) is 5.88 Å². The molecular formula is C23H15ClN2O3. The van der Waals surface area contributed by atoms with Gasteiger partial charge in [-0.15, -0.1) is 0 Å². The Morgan fingerprint density at radius 1 is 0.862 bits per heavy atom. The molecule has 0 radical (unpaired) electrons. The lowest BCUT2D eigenvalue weighted by Crippen LogP contribution is -2.22. The Morgan fingerprint density at radius 3 is 2.14 bits per heavy atom. The van der Waals surface area contributed by atoms with Gasteiger partial charge in [-0.25, -0.2) is 4.79 Å². The van der Waals surface area contributed by atoms with Gasteiger partial charge in [-0.1, -0.05) is 60.1 Å². The lowest BCUT2D eigenvalue weighted by Gasteiger charge is -2.13. The molecule has 0 saturated carbocycles. The van der Waals surface area contributed by atoms with Gasteiger partial charge in [-0.2, -0.15) is 4.98 Å². The van der Waals surface area contributed by atoms with Crippen LogP contribution < -0.4 is 10.3 Å². The average Bonchev–Trinajstić information content (AvgIpc) is 2.75. The number of carbonyl (C=O) groups excluding carboxylic acids is 1. The standard InChI is InChI=1S/C23H15ClN2O3/c24-18-13-11-17(12-14-18)23(28)29-20-15-21(27)26(19-9-5-2-6-10-19)22(25-20)16-7-3-1-4-8-16/h1-15H. The second-order valence-electron chi connectivity index (χ2n) is 6.19.